The van der Waals surface area contributed by atoms with Gasteiger partial charge in [-0.25, -0.2) is 0 Å². The molecule has 0 bridgehead atoms. The quantitative estimate of drug-likeness (QED) is 0.621. The summed E-state index contributed by atoms with van der Waals surface area (Å²) in [5.74, 6) is 1.64. The van der Waals surface area contributed by atoms with Crippen molar-refractivity contribution in [2.75, 3.05) is 13.1 Å². The molecule has 0 amide bonds. The third-order valence-electron chi connectivity index (χ3n) is 3.03. The van der Waals surface area contributed by atoms with Crippen LogP contribution in [0.3, 0.4) is 0 Å². The predicted molar refractivity (Wildman–Crippen MR) is 58.7 cm³/mol. The molecule has 0 aromatic rings. The maximum Gasteiger partial charge on any atom is 0.00425 e. The summed E-state index contributed by atoms with van der Waals surface area (Å²) < 4.78 is 0. The van der Waals surface area contributed by atoms with E-state index in [4.69, 9.17) is 0 Å². The van der Waals surface area contributed by atoms with Crippen LogP contribution >= 0.6 is 0 Å². The fraction of sp³-hybridized carbons (Fsp3) is 0.833. The molecule has 0 radical (unpaired) electrons. The lowest BCUT2D eigenvalue weighted by atomic mass is 9.85. The Balaban J connectivity index is 2.27. The highest BCUT2D eigenvalue weighted by molar-refractivity contribution is 5.02. The smallest absolute Gasteiger partial charge is 0.00425 e. The summed E-state index contributed by atoms with van der Waals surface area (Å²) in [6.45, 7) is 13.0. The minimum atomic E-state index is 0.342. The zero-order valence-electron chi connectivity index (χ0n) is 9.27. The maximum atomic E-state index is 3.95. The Labute approximate surface area is 82.6 Å². The van der Waals surface area contributed by atoms with Crippen molar-refractivity contribution >= 4 is 0 Å². The van der Waals surface area contributed by atoms with Crippen LogP contribution in [0.1, 0.15) is 33.6 Å². The van der Waals surface area contributed by atoms with Gasteiger partial charge in [0, 0.05) is 12.0 Å². The first-order valence-corrected chi connectivity index (χ1v) is 5.43. The van der Waals surface area contributed by atoms with Crippen LogP contribution in [0.15, 0.2) is 12.7 Å². The van der Waals surface area contributed by atoms with Crippen LogP contribution in [-0.2, 0) is 0 Å². The molecule has 76 valence electrons. The van der Waals surface area contributed by atoms with Crippen molar-refractivity contribution in [3.63, 3.8) is 0 Å². The van der Waals surface area contributed by atoms with Crippen LogP contribution in [0.5, 0.6) is 0 Å². The lowest BCUT2D eigenvalue weighted by molar-refractivity contribution is 0.334. The van der Waals surface area contributed by atoms with Crippen molar-refractivity contribution in [3.8, 4) is 0 Å². The van der Waals surface area contributed by atoms with Crippen LogP contribution < -0.4 is 5.32 Å². The monoisotopic (exact) mass is 181 g/mol. The second-order valence-electron chi connectivity index (χ2n) is 5.01. The van der Waals surface area contributed by atoms with Gasteiger partial charge in [0.2, 0.25) is 0 Å². The second kappa shape index (κ2) is 4.28. The van der Waals surface area contributed by atoms with Gasteiger partial charge in [-0.2, -0.15) is 0 Å². The Morgan fingerprint density at radius 2 is 2.15 bits per heavy atom. The molecule has 0 spiro atoms. The van der Waals surface area contributed by atoms with E-state index in [1.807, 2.05) is 0 Å². The number of rotatable bonds is 6. The molecule has 1 aliphatic rings. The maximum absolute atomic E-state index is 3.95. The number of nitrogens with one attached hydrogen (secondary N) is 1. The fourth-order valence-corrected chi connectivity index (χ4v) is 1.76. The van der Waals surface area contributed by atoms with Gasteiger partial charge >= 0.3 is 0 Å². The van der Waals surface area contributed by atoms with Gasteiger partial charge in [0.05, 0.1) is 0 Å². The fourth-order valence-electron chi connectivity index (χ4n) is 1.76. The second-order valence-corrected chi connectivity index (χ2v) is 5.01. The van der Waals surface area contributed by atoms with Crippen LogP contribution in [0.25, 0.3) is 0 Å². The zero-order valence-corrected chi connectivity index (χ0v) is 9.27. The Bertz CT molecular complexity index is 170. The largest absolute Gasteiger partial charge is 0.316 e. The molecule has 0 saturated heterocycles. The normalized spacial score (nSPS) is 21.5. The highest BCUT2D eigenvalue weighted by Gasteiger charge is 2.38. The van der Waals surface area contributed by atoms with Gasteiger partial charge in [0.1, 0.15) is 0 Å². The van der Waals surface area contributed by atoms with E-state index in [0.717, 1.165) is 24.9 Å². The van der Waals surface area contributed by atoms with Gasteiger partial charge in [0.25, 0.3) is 0 Å². The van der Waals surface area contributed by atoms with E-state index < -0.39 is 0 Å². The molecule has 1 heteroatoms. The highest BCUT2D eigenvalue weighted by atomic mass is 14.9. The van der Waals surface area contributed by atoms with Gasteiger partial charge in [-0.3, -0.25) is 0 Å². The molecular formula is C12H23N. The van der Waals surface area contributed by atoms with Crippen LogP contribution in [0, 0.1) is 17.3 Å². The summed E-state index contributed by atoms with van der Waals surface area (Å²) in [7, 11) is 0. The third kappa shape index (κ3) is 3.15. The first-order valence-electron chi connectivity index (χ1n) is 5.43. The van der Waals surface area contributed by atoms with E-state index in [1.54, 1.807) is 0 Å². The van der Waals surface area contributed by atoms with Crippen molar-refractivity contribution in [2.24, 2.45) is 17.3 Å². The lowest BCUT2D eigenvalue weighted by Crippen LogP contribution is -2.33. The van der Waals surface area contributed by atoms with Crippen LogP contribution in [-0.4, -0.2) is 13.1 Å². The number of hydrogen-bond acceptors (Lipinski definition) is 1. The molecule has 13 heavy (non-hydrogen) atoms. The standard InChI is InChI=1S/C12H23N/c1-5-12(4,11-6-7-11)9-13-8-10(2)3/h5,10-11,13H,1,6-9H2,2-4H3. The number of hydrogen-bond donors (Lipinski definition) is 1. The SMILES string of the molecule is C=CC(C)(CNCC(C)C)C1CC1. The van der Waals surface area contributed by atoms with Gasteiger partial charge in [-0.1, -0.05) is 26.8 Å². The molecule has 1 atom stereocenters. The van der Waals surface area contributed by atoms with Crippen molar-refractivity contribution in [3.05, 3.63) is 12.7 Å². The van der Waals surface area contributed by atoms with E-state index in [9.17, 15) is 0 Å². The van der Waals surface area contributed by atoms with E-state index in [1.165, 1.54) is 12.8 Å². The third-order valence-corrected chi connectivity index (χ3v) is 3.03. The van der Waals surface area contributed by atoms with Crippen molar-refractivity contribution in [2.45, 2.75) is 33.6 Å². The van der Waals surface area contributed by atoms with E-state index in [2.05, 4.69) is 38.7 Å². The van der Waals surface area contributed by atoms with Crippen molar-refractivity contribution < 1.29 is 0 Å². The lowest BCUT2D eigenvalue weighted by Gasteiger charge is -2.26. The minimum absolute atomic E-state index is 0.342. The van der Waals surface area contributed by atoms with Gasteiger partial charge < -0.3 is 5.32 Å². The van der Waals surface area contributed by atoms with Crippen molar-refractivity contribution in [1.29, 1.82) is 0 Å². The predicted octanol–water partition coefficient (Wildman–Crippen LogP) is 2.83. The average molecular weight is 181 g/mol. The van der Waals surface area contributed by atoms with Gasteiger partial charge in [-0.05, 0) is 31.2 Å². The average Bonchev–Trinajstić information content (AvgIpc) is 2.85. The summed E-state index contributed by atoms with van der Waals surface area (Å²) in [5, 5.41) is 3.53. The molecule has 1 nitrogen and oxygen atoms in total. The molecular weight excluding hydrogens is 158 g/mol. The summed E-state index contributed by atoms with van der Waals surface area (Å²) in [5.41, 5.74) is 0.342. The molecule has 1 aliphatic carbocycles. The van der Waals surface area contributed by atoms with Crippen LogP contribution in [0.4, 0.5) is 0 Å². The van der Waals surface area contributed by atoms with Gasteiger partial charge in [0.15, 0.2) is 0 Å². The topological polar surface area (TPSA) is 12.0 Å². The molecule has 0 heterocycles. The Morgan fingerprint density at radius 1 is 1.54 bits per heavy atom. The zero-order chi connectivity index (χ0) is 9.90. The Hall–Kier alpha value is -0.300. The molecule has 0 aliphatic heterocycles. The Morgan fingerprint density at radius 3 is 2.54 bits per heavy atom. The summed E-state index contributed by atoms with van der Waals surface area (Å²) in [4.78, 5) is 0. The van der Waals surface area contributed by atoms with Crippen molar-refractivity contribution in [1.82, 2.24) is 5.32 Å². The summed E-state index contributed by atoms with van der Waals surface area (Å²) in [6, 6.07) is 0. The molecule has 1 saturated carbocycles. The van der Waals surface area contributed by atoms with Gasteiger partial charge in [-0.15, -0.1) is 6.58 Å². The summed E-state index contributed by atoms with van der Waals surface area (Å²) in [6.07, 6.45) is 4.93. The molecule has 0 aromatic heterocycles. The molecule has 0 aromatic carbocycles. The molecule has 1 N–H and O–H groups in total. The molecule has 1 fully saturated rings. The minimum Gasteiger partial charge on any atom is -0.316 e. The first-order chi connectivity index (χ1) is 6.08. The Kier molecular flexibility index (Phi) is 3.55. The van der Waals surface area contributed by atoms with E-state index in [0.29, 0.717) is 5.41 Å². The highest BCUT2D eigenvalue weighted by Crippen LogP contribution is 2.45. The molecule has 1 rings (SSSR count). The molecule has 1 unspecified atom stereocenters. The summed E-state index contributed by atoms with van der Waals surface area (Å²) >= 11 is 0. The first kappa shape index (κ1) is 10.8. The van der Waals surface area contributed by atoms with E-state index >= 15 is 0 Å². The van der Waals surface area contributed by atoms with E-state index in [-0.39, 0.29) is 0 Å². The van der Waals surface area contributed by atoms with Crippen LogP contribution in [0.2, 0.25) is 0 Å².